The van der Waals surface area contributed by atoms with E-state index in [2.05, 4.69) is 4.98 Å². The van der Waals surface area contributed by atoms with E-state index in [1.807, 2.05) is 10.3 Å². The average molecular weight is 295 g/mol. The molecule has 0 unspecified atom stereocenters. The first-order chi connectivity index (χ1) is 9.49. The second kappa shape index (κ2) is 5.76. The molecule has 1 amide bonds. The fourth-order valence-corrected chi connectivity index (χ4v) is 2.19. The molecule has 0 aliphatic rings. The van der Waals surface area contributed by atoms with Gasteiger partial charge in [0.15, 0.2) is 0 Å². The zero-order valence-corrected chi connectivity index (χ0v) is 10.9. The van der Waals surface area contributed by atoms with Crippen LogP contribution in [-0.2, 0) is 10.0 Å². The van der Waals surface area contributed by atoms with Gasteiger partial charge in [-0.1, -0.05) is 6.07 Å². The summed E-state index contributed by atoms with van der Waals surface area (Å²) in [5.74, 6) is -1.25. The molecule has 0 aliphatic heterocycles. The highest BCUT2D eigenvalue weighted by Crippen LogP contribution is 2.08. The molecule has 6 nitrogen and oxygen atoms in total. The van der Waals surface area contributed by atoms with Gasteiger partial charge in [0.05, 0.1) is 4.90 Å². The fourth-order valence-electron chi connectivity index (χ4n) is 1.35. The summed E-state index contributed by atoms with van der Waals surface area (Å²) in [7, 11) is -3.96. The fraction of sp³-hybridized carbons (Fsp3) is 0. The Morgan fingerprint density at radius 2 is 1.80 bits per heavy atom. The smallest absolute Gasteiger partial charge is 0.272 e. The van der Waals surface area contributed by atoms with Crippen molar-refractivity contribution < 1.29 is 17.6 Å². The number of hydrazine groups is 1. The molecule has 0 saturated heterocycles. The Labute approximate surface area is 114 Å². The van der Waals surface area contributed by atoms with Gasteiger partial charge in [0.1, 0.15) is 11.5 Å². The maximum absolute atomic E-state index is 12.7. The number of carbonyl (C=O) groups excluding carboxylic acids is 1. The van der Waals surface area contributed by atoms with Crippen LogP contribution in [0.1, 0.15) is 10.5 Å². The van der Waals surface area contributed by atoms with Gasteiger partial charge in [-0.2, -0.15) is 0 Å². The predicted octanol–water partition coefficient (Wildman–Crippen LogP) is 0.844. The number of pyridine rings is 1. The first-order valence-corrected chi connectivity index (χ1v) is 6.96. The second-order valence-corrected chi connectivity index (χ2v) is 5.41. The van der Waals surface area contributed by atoms with Crippen molar-refractivity contribution >= 4 is 15.9 Å². The van der Waals surface area contributed by atoms with Crippen molar-refractivity contribution in [3.63, 3.8) is 0 Å². The number of nitrogens with zero attached hydrogens (tertiary/aromatic N) is 1. The van der Waals surface area contributed by atoms with Crippen LogP contribution in [0.5, 0.6) is 0 Å². The minimum absolute atomic E-state index is 0.0642. The standard InChI is InChI=1S/C12H10FN3O3S/c13-9-4-6-10(7-5-9)20(18,19)16-15-12(17)11-3-1-2-8-14-11/h1-8,16H,(H,15,17). The number of rotatable bonds is 4. The van der Waals surface area contributed by atoms with Crippen LogP contribution in [-0.4, -0.2) is 19.3 Å². The van der Waals surface area contributed by atoms with E-state index in [0.29, 0.717) is 0 Å². The van der Waals surface area contributed by atoms with Crippen molar-refractivity contribution in [1.29, 1.82) is 0 Å². The SMILES string of the molecule is O=C(NNS(=O)(=O)c1ccc(F)cc1)c1ccccn1. The van der Waals surface area contributed by atoms with Crippen LogP contribution in [0.4, 0.5) is 4.39 Å². The van der Waals surface area contributed by atoms with Gasteiger partial charge in [0.2, 0.25) is 0 Å². The Hall–Kier alpha value is -2.32. The summed E-state index contributed by atoms with van der Waals surface area (Å²) in [6.45, 7) is 0. The van der Waals surface area contributed by atoms with Crippen LogP contribution in [0, 0.1) is 5.82 Å². The van der Waals surface area contributed by atoms with Gasteiger partial charge in [-0.05, 0) is 36.4 Å². The first kappa shape index (κ1) is 14.1. The van der Waals surface area contributed by atoms with Gasteiger partial charge in [0, 0.05) is 6.20 Å². The quantitative estimate of drug-likeness (QED) is 0.818. The Bertz CT molecular complexity index is 702. The third kappa shape index (κ3) is 3.37. The number of amides is 1. The lowest BCUT2D eigenvalue weighted by molar-refractivity contribution is 0.0940. The predicted molar refractivity (Wildman–Crippen MR) is 68.4 cm³/mol. The minimum atomic E-state index is -3.96. The number of hydrogen-bond acceptors (Lipinski definition) is 4. The van der Waals surface area contributed by atoms with Crippen LogP contribution in [0.25, 0.3) is 0 Å². The lowest BCUT2D eigenvalue weighted by Gasteiger charge is -2.07. The molecule has 0 saturated carbocycles. The molecule has 1 aromatic carbocycles. The molecule has 1 aromatic heterocycles. The van der Waals surface area contributed by atoms with Gasteiger partial charge in [-0.25, -0.2) is 12.8 Å². The molecule has 2 rings (SSSR count). The summed E-state index contributed by atoms with van der Waals surface area (Å²) in [6, 6.07) is 8.84. The Kier molecular flexibility index (Phi) is 4.06. The number of hydrogen-bond donors (Lipinski definition) is 2. The van der Waals surface area contributed by atoms with E-state index in [9.17, 15) is 17.6 Å². The molecule has 2 N–H and O–H groups in total. The van der Waals surface area contributed by atoms with Crippen molar-refractivity contribution in [3.05, 3.63) is 60.2 Å². The zero-order valence-electron chi connectivity index (χ0n) is 10.1. The van der Waals surface area contributed by atoms with Gasteiger partial charge < -0.3 is 0 Å². The number of aromatic nitrogens is 1. The van der Waals surface area contributed by atoms with Gasteiger partial charge >= 0.3 is 0 Å². The average Bonchev–Trinajstić information content (AvgIpc) is 2.46. The van der Waals surface area contributed by atoms with E-state index in [0.717, 1.165) is 24.3 Å². The third-order valence-electron chi connectivity index (χ3n) is 2.32. The zero-order chi connectivity index (χ0) is 14.6. The van der Waals surface area contributed by atoms with E-state index in [1.165, 1.54) is 12.3 Å². The van der Waals surface area contributed by atoms with Gasteiger partial charge in [-0.3, -0.25) is 15.2 Å². The summed E-state index contributed by atoms with van der Waals surface area (Å²) in [5.41, 5.74) is 2.08. The molecule has 0 bridgehead atoms. The van der Waals surface area contributed by atoms with Crippen molar-refractivity contribution in [1.82, 2.24) is 15.2 Å². The highest BCUT2D eigenvalue weighted by Gasteiger charge is 2.15. The van der Waals surface area contributed by atoms with E-state index in [-0.39, 0.29) is 10.6 Å². The first-order valence-electron chi connectivity index (χ1n) is 5.48. The second-order valence-electron chi connectivity index (χ2n) is 3.73. The summed E-state index contributed by atoms with van der Waals surface area (Å²) >= 11 is 0. The van der Waals surface area contributed by atoms with E-state index in [4.69, 9.17) is 0 Å². The lowest BCUT2D eigenvalue weighted by Crippen LogP contribution is -2.41. The molecular formula is C12H10FN3O3S. The van der Waals surface area contributed by atoms with E-state index in [1.54, 1.807) is 12.1 Å². The number of sulfonamides is 1. The lowest BCUT2D eigenvalue weighted by atomic mass is 10.3. The van der Waals surface area contributed by atoms with Crippen molar-refractivity contribution in [2.24, 2.45) is 0 Å². The monoisotopic (exact) mass is 295 g/mol. The van der Waals surface area contributed by atoms with Crippen LogP contribution < -0.4 is 10.3 Å². The summed E-state index contributed by atoms with van der Waals surface area (Å²) in [4.78, 5) is 17.1. The van der Waals surface area contributed by atoms with Crippen molar-refractivity contribution in [2.75, 3.05) is 0 Å². The largest absolute Gasteiger partial charge is 0.284 e. The molecule has 1 heterocycles. The molecular weight excluding hydrogens is 285 g/mol. The summed E-state index contributed by atoms with van der Waals surface area (Å²) < 4.78 is 36.3. The van der Waals surface area contributed by atoms with Crippen LogP contribution in [0.15, 0.2) is 53.6 Å². The molecule has 0 radical (unpaired) electrons. The maximum Gasteiger partial charge on any atom is 0.284 e. The summed E-state index contributed by atoms with van der Waals surface area (Å²) in [6.07, 6.45) is 1.41. The molecule has 0 aliphatic carbocycles. The Balaban J connectivity index is 2.06. The van der Waals surface area contributed by atoms with Gasteiger partial charge in [0.25, 0.3) is 15.9 Å². The maximum atomic E-state index is 12.7. The number of carbonyl (C=O) groups is 1. The molecule has 104 valence electrons. The topological polar surface area (TPSA) is 88.2 Å². The molecule has 8 heteroatoms. The molecule has 0 atom stereocenters. The number of nitrogens with one attached hydrogen (secondary N) is 2. The number of halogens is 1. The molecule has 0 fully saturated rings. The normalized spacial score (nSPS) is 11.1. The minimum Gasteiger partial charge on any atom is -0.272 e. The summed E-state index contributed by atoms with van der Waals surface area (Å²) in [5, 5.41) is 0. The highest BCUT2D eigenvalue weighted by molar-refractivity contribution is 7.89. The Morgan fingerprint density at radius 3 is 2.40 bits per heavy atom. The van der Waals surface area contributed by atoms with E-state index < -0.39 is 21.7 Å². The van der Waals surface area contributed by atoms with Crippen LogP contribution >= 0.6 is 0 Å². The molecule has 2 aromatic rings. The van der Waals surface area contributed by atoms with Gasteiger partial charge in [-0.15, -0.1) is 4.83 Å². The van der Waals surface area contributed by atoms with Crippen LogP contribution in [0.2, 0.25) is 0 Å². The van der Waals surface area contributed by atoms with Crippen LogP contribution in [0.3, 0.4) is 0 Å². The van der Waals surface area contributed by atoms with Crippen molar-refractivity contribution in [3.8, 4) is 0 Å². The van der Waals surface area contributed by atoms with E-state index >= 15 is 0 Å². The molecule has 20 heavy (non-hydrogen) atoms. The number of benzene rings is 1. The van der Waals surface area contributed by atoms with Crippen molar-refractivity contribution in [2.45, 2.75) is 4.90 Å². The Morgan fingerprint density at radius 1 is 1.10 bits per heavy atom. The highest BCUT2D eigenvalue weighted by atomic mass is 32.2. The molecule has 0 spiro atoms. The third-order valence-corrected chi connectivity index (χ3v) is 3.58.